The maximum atomic E-state index is 14.3. The van der Waals surface area contributed by atoms with Crippen LogP contribution in [0.4, 0.5) is 8.78 Å². The smallest absolute Gasteiger partial charge is 0.275 e. The number of hydrogen-bond acceptors (Lipinski definition) is 5. The van der Waals surface area contributed by atoms with E-state index in [4.69, 9.17) is 4.74 Å². The van der Waals surface area contributed by atoms with Crippen molar-refractivity contribution >= 4 is 18.0 Å². The van der Waals surface area contributed by atoms with Crippen molar-refractivity contribution in [1.29, 1.82) is 0 Å². The summed E-state index contributed by atoms with van der Waals surface area (Å²) >= 11 is 0. The predicted molar refractivity (Wildman–Crippen MR) is 109 cm³/mol. The summed E-state index contributed by atoms with van der Waals surface area (Å²) in [4.78, 5) is 30.7. The van der Waals surface area contributed by atoms with Crippen molar-refractivity contribution in [2.45, 2.75) is 19.5 Å². The standard InChI is InChI=1S/C21H21F2N5O3/c1-4-9-24-19-13(2)31-12-17(21(30)27(19)3)25-20(29)18-16(23)11-28(26-18)10-14-5-7-15(22)8-6-14/h4-9,11,17H,1,10,12H2,2-3H3,(H,25,29)/b24-9-/t17-/m0/s1. The van der Waals surface area contributed by atoms with Crippen LogP contribution in [0.25, 0.3) is 0 Å². The minimum Gasteiger partial charge on any atom is -0.492 e. The predicted octanol–water partition coefficient (Wildman–Crippen LogP) is 2.24. The molecule has 1 aliphatic rings. The molecule has 0 fully saturated rings. The van der Waals surface area contributed by atoms with Gasteiger partial charge in [0.1, 0.15) is 24.2 Å². The second-order valence-corrected chi connectivity index (χ2v) is 6.78. The van der Waals surface area contributed by atoms with Gasteiger partial charge in [0.15, 0.2) is 17.3 Å². The summed E-state index contributed by atoms with van der Waals surface area (Å²) in [5, 5.41) is 6.41. The average molecular weight is 429 g/mol. The summed E-state index contributed by atoms with van der Waals surface area (Å²) in [5.41, 5.74) is 0.218. The number of aliphatic imine (C=N–C) groups is 1. The number of carbonyl (C=O) groups excluding carboxylic acids is 2. The summed E-state index contributed by atoms with van der Waals surface area (Å²) in [6.07, 6.45) is 3.92. The molecule has 10 heteroatoms. The third-order valence-electron chi connectivity index (χ3n) is 4.53. The van der Waals surface area contributed by atoms with Gasteiger partial charge in [-0.25, -0.2) is 13.8 Å². The van der Waals surface area contributed by atoms with Crippen molar-refractivity contribution in [2.75, 3.05) is 13.7 Å². The molecule has 1 aromatic heterocycles. The molecule has 0 saturated carbocycles. The second kappa shape index (κ2) is 9.33. The Morgan fingerprint density at radius 2 is 2.10 bits per heavy atom. The number of benzene rings is 1. The molecule has 162 valence electrons. The SMILES string of the molecule is C=C/C=N\C1=C(C)OC[C@H](NC(=O)c2nn(Cc3ccc(F)cc3)cc2F)C(=O)N1C. The van der Waals surface area contributed by atoms with Gasteiger partial charge in [0, 0.05) is 13.3 Å². The summed E-state index contributed by atoms with van der Waals surface area (Å²) in [5.74, 6) is -1.91. The highest BCUT2D eigenvalue weighted by Crippen LogP contribution is 2.18. The van der Waals surface area contributed by atoms with Crippen LogP contribution in [-0.2, 0) is 16.1 Å². The van der Waals surface area contributed by atoms with Gasteiger partial charge in [-0.1, -0.05) is 24.8 Å². The number of nitrogens with zero attached hydrogens (tertiary/aromatic N) is 4. The highest BCUT2D eigenvalue weighted by Gasteiger charge is 2.32. The fourth-order valence-corrected chi connectivity index (χ4v) is 2.96. The maximum Gasteiger partial charge on any atom is 0.275 e. The average Bonchev–Trinajstić information content (AvgIpc) is 3.08. The zero-order chi connectivity index (χ0) is 22.5. The first-order valence-corrected chi connectivity index (χ1v) is 9.34. The maximum absolute atomic E-state index is 14.3. The number of amides is 2. The molecule has 2 heterocycles. The molecule has 0 radical (unpaired) electrons. The third kappa shape index (κ3) is 5.03. The Morgan fingerprint density at radius 1 is 1.39 bits per heavy atom. The molecule has 1 N–H and O–H groups in total. The number of likely N-dealkylation sites (N-methyl/N-ethyl adjacent to an activating group) is 1. The number of nitrogens with one attached hydrogen (secondary N) is 1. The van der Waals surface area contributed by atoms with Crippen LogP contribution in [0.1, 0.15) is 23.0 Å². The summed E-state index contributed by atoms with van der Waals surface area (Å²) in [6.45, 7) is 5.17. The monoisotopic (exact) mass is 429 g/mol. The number of halogens is 2. The number of rotatable bonds is 6. The minimum absolute atomic E-state index is 0.145. The Bertz CT molecular complexity index is 1060. The zero-order valence-electron chi connectivity index (χ0n) is 17.0. The molecular weight excluding hydrogens is 408 g/mol. The normalized spacial score (nSPS) is 17.0. The van der Waals surface area contributed by atoms with E-state index in [-0.39, 0.29) is 19.0 Å². The summed E-state index contributed by atoms with van der Waals surface area (Å²) in [7, 11) is 1.49. The number of hydrogen-bond donors (Lipinski definition) is 1. The highest BCUT2D eigenvalue weighted by molar-refractivity contribution is 5.96. The highest BCUT2D eigenvalue weighted by atomic mass is 19.1. The lowest BCUT2D eigenvalue weighted by Gasteiger charge is -2.20. The van der Waals surface area contributed by atoms with Crippen LogP contribution >= 0.6 is 0 Å². The van der Waals surface area contributed by atoms with Gasteiger partial charge in [0.2, 0.25) is 0 Å². The molecule has 0 saturated heterocycles. The number of ether oxygens (including phenoxy) is 1. The summed E-state index contributed by atoms with van der Waals surface area (Å²) in [6, 6.07) is 4.56. The van der Waals surface area contributed by atoms with E-state index in [9.17, 15) is 18.4 Å². The molecule has 3 rings (SSSR count). The van der Waals surface area contributed by atoms with Crippen LogP contribution in [0.2, 0.25) is 0 Å². The van der Waals surface area contributed by atoms with Crippen molar-refractivity contribution < 1.29 is 23.1 Å². The molecule has 1 aromatic carbocycles. The fraction of sp³-hybridized carbons (Fsp3) is 0.238. The Morgan fingerprint density at radius 3 is 2.77 bits per heavy atom. The van der Waals surface area contributed by atoms with Gasteiger partial charge in [0.05, 0.1) is 12.7 Å². The first-order chi connectivity index (χ1) is 14.8. The van der Waals surface area contributed by atoms with Gasteiger partial charge in [-0.3, -0.25) is 19.2 Å². The quantitative estimate of drug-likeness (QED) is 0.714. The van der Waals surface area contributed by atoms with Crippen LogP contribution < -0.4 is 5.32 Å². The van der Waals surface area contributed by atoms with E-state index >= 15 is 0 Å². The number of allylic oxidation sites excluding steroid dienone is 2. The summed E-state index contributed by atoms with van der Waals surface area (Å²) < 4.78 is 34.1. The molecule has 0 unspecified atom stereocenters. The van der Waals surface area contributed by atoms with Gasteiger partial charge in [-0.2, -0.15) is 5.10 Å². The fourth-order valence-electron chi connectivity index (χ4n) is 2.96. The Kier molecular flexibility index (Phi) is 6.58. The van der Waals surface area contributed by atoms with E-state index in [0.29, 0.717) is 11.3 Å². The van der Waals surface area contributed by atoms with E-state index < -0.39 is 35.2 Å². The molecule has 1 aliphatic heterocycles. The van der Waals surface area contributed by atoms with Crippen LogP contribution in [0.15, 0.2) is 59.7 Å². The largest absolute Gasteiger partial charge is 0.492 e. The molecule has 8 nitrogen and oxygen atoms in total. The van der Waals surface area contributed by atoms with E-state index in [2.05, 4.69) is 22.0 Å². The van der Waals surface area contributed by atoms with E-state index in [1.165, 1.54) is 53.2 Å². The lowest BCUT2D eigenvalue weighted by atomic mass is 10.2. The van der Waals surface area contributed by atoms with Crippen LogP contribution in [-0.4, -0.2) is 52.4 Å². The molecule has 2 amide bonds. The number of carbonyl (C=O) groups is 2. The lowest BCUT2D eigenvalue weighted by molar-refractivity contribution is -0.130. The van der Waals surface area contributed by atoms with E-state index in [0.717, 1.165) is 6.20 Å². The Hall–Kier alpha value is -3.82. The van der Waals surface area contributed by atoms with Gasteiger partial charge in [0.25, 0.3) is 11.8 Å². The van der Waals surface area contributed by atoms with Crippen molar-refractivity contribution in [1.82, 2.24) is 20.0 Å². The third-order valence-corrected chi connectivity index (χ3v) is 4.53. The van der Waals surface area contributed by atoms with Crippen LogP contribution in [0.5, 0.6) is 0 Å². The molecule has 1 atom stereocenters. The lowest BCUT2D eigenvalue weighted by Crippen LogP contribution is -2.48. The topological polar surface area (TPSA) is 88.8 Å². The molecule has 31 heavy (non-hydrogen) atoms. The van der Waals surface area contributed by atoms with Crippen molar-refractivity contribution in [3.8, 4) is 0 Å². The Labute approximate surface area is 177 Å². The molecule has 0 bridgehead atoms. The first-order valence-electron chi connectivity index (χ1n) is 9.34. The van der Waals surface area contributed by atoms with Gasteiger partial charge >= 0.3 is 0 Å². The van der Waals surface area contributed by atoms with Crippen molar-refractivity contribution in [3.05, 3.63) is 77.6 Å². The van der Waals surface area contributed by atoms with E-state index in [1.54, 1.807) is 6.92 Å². The van der Waals surface area contributed by atoms with Gasteiger partial charge in [-0.05, 0) is 24.6 Å². The first kappa shape index (κ1) is 21.9. The van der Waals surface area contributed by atoms with Crippen molar-refractivity contribution in [2.24, 2.45) is 4.99 Å². The zero-order valence-corrected chi connectivity index (χ0v) is 17.0. The van der Waals surface area contributed by atoms with Gasteiger partial charge < -0.3 is 10.1 Å². The number of aromatic nitrogens is 2. The van der Waals surface area contributed by atoms with E-state index in [1.807, 2.05) is 0 Å². The van der Waals surface area contributed by atoms with Crippen LogP contribution in [0.3, 0.4) is 0 Å². The van der Waals surface area contributed by atoms with Crippen LogP contribution in [0, 0.1) is 11.6 Å². The molecule has 0 aliphatic carbocycles. The molecular formula is C21H21F2N5O3. The minimum atomic E-state index is -1.06. The Balaban J connectivity index is 1.72. The van der Waals surface area contributed by atoms with Gasteiger partial charge in [-0.15, -0.1) is 0 Å². The second-order valence-electron chi connectivity index (χ2n) is 6.78. The molecule has 2 aromatic rings. The van der Waals surface area contributed by atoms with Crippen molar-refractivity contribution in [3.63, 3.8) is 0 Å². The molecule has 0 spiro atoms.